The van der Waals surface area contributed by atoms with Crippen LogP contribution in [0.15, 0.2) is 47.4 Å². The van der Waals surface area contributed by atoms with Crippen molar-refractivity contribution in [3.63, 3.8) is 0 Å². The number of carbonyl (C=O) groups is 1. The Hall–Kier alpha value is -3.04. The fraction of sp³-hybridized carbons (Fsp3) is 0.417. The van der Waals surface area contributed by atoms with Crippen molar-refractivity contribution < 1.29 is 14.6 Å². The fourth-order valence-electron chi connectivity index (χ4n) is 3.85. The first-order valence-corrected chi connectivity index (χ1v) is 10.1. The van der Waals surface area contributed by atoms with E-state index in [-0.39, 0.29) is 17.7 Å². The minimum Gasteiger partial charge on any atom is -0.443 e. The maximum atomic E-state index is 12.6. The van der Waals surface area contributed by atoms with Crippen molar-refractivity contribution in [1.29, 1.82) is 0 Å². The smallest absolute Gasteiger partial charge is 0.410 e. The largest absolute Gasteiger partial charge is 0.443 e. The molecule has 1 aliphatic heterocycles. The highest BCUT2D eigenvalue weighted by atomic mass is 16.6. The molecule has 0 saturated carbocycles. The number of aliphatic hydroxyl groups is 1. The molecule has 0 radical (unpaired) electrons. The molecule has 6 heteroatoms. The summed E-state index contributed by atoms with van der Waals surface area (Å²) in [5.74, 6) is 6.02. The number of carbonyl (C=O) groups excluding carboxylic acids is 1. The average molecular weight is 408 g/mol. The van der Waals surface area contributed by atoms with Crippen LogP contribution in [0.25, 0.3) is 0 Å². The van der Waals surface area contributed by atoms with Gasteiger partial charge in [-0.05, 0) is 51.5 Å². The normalized spacial score (nSPS) is 20.2. The molecule has 1 aromatic heterocycles. The highest BCUT2D eigenvalue weighted by Crippen LogP contribution is 2.34. The van der Waals surface area contributed by atoms with Gasteiger partial charge in [-0.15, -0.1) is 0 Å². The lowest BCUT2D eigenvalue weighted by Crippen LogP contribution is -2.51. The molecule has 1 amide bonds. The summed E-state index contributed by atoms with van der Waals surface area (Å²) < 4.78 is 5.70. The van der Waals surface area contributed by atoms with Crippen LogP contribution in [0.2, 0.25) is 0 Å². The first kappa shape index (κ1) is 21.7. The van der Waals surface area contributed by atoms with Crippen molar-refractivity contribution >= 4 is 6.09 Å². The first-order chi connectivity index (χ1) is 14.0. The van der Waals surface area contributed by atoms with Gasteiger partial charge < -0.3 is 19.7 Å². The van der Waals surface area contributed by atoms with Gasteiger partial charge in [0.15, 0.2) is 0 Å². The molecule has 2 N–H and O–H groups in total. The average Bonchev–Trinajstić information content (AvgIpc) is 2.65. The van der Waals surface area contributed by atoms with E-state index < -0.39 is 11.2 Å². The standard InChI is InChI=1S/C24H28N2O4/c1-17(26-14-12-24(4,30-22(26)28)16-23(2,3)29)20-9-7-18(8-10-20)5-6-19-11-13-25-21(27)15-19/h7-11,13,15,17,29H,12,14,16H2,1-4H3,(H,25,27). The quantitative estimate of drug-likeness (QED) is 0.758. The molecule has 1 saturated heterocycles. The minimum atomic E-state index is -0.896. The molecular weight excluding hydrogens is 380 g/mol. The van der Waals surface area contributed by atoms with E-state index in [0.717, 1.165) is 11.1 Å². The highest BCUT2D eigenvalue weighted by molar-refractivity contribution is 5.69. The van der Waals surface area contributed by atoms with Gasteiger partial charge in [-0.25, -0.2) is 4.79 Å². The van der Waals surface area contributed by atoms with Gasteiger partial charge in [0.05, 0.1) is 11.6 Å². The van der Waals surface area contributed by atoms with Crippen molar-refractivity contribution in [3.8, 4) is 11.8 Å². The second-order valence-corrected chi connectivity index (χ2v) is 8.74. The molecule has 158 valence electrons. The lowest BCUT2D eigenvalue weighted by molar-refractivity contribution is -0.0859. The second kappa shape index (κ2) is 8.37. The molecule has 0 aliphatic carbocycles. The van der Waals surface area contributed by atoms with E-state index in [1.165, 1.54) is 6.07 Å². The van der Waals surface area contributed by atoms with E-state index in [2.05, 4.69) is 16.8 Å². The monoisotopic (exact) mass is 408 g/mol. The van der Waals surface area contributed by atoms with Crippen LogP contribution in [0.1, 0.15) is 63.3 Å². The molecule has 6 nitrogen and oxygen atoms in total. The van der Waals surface area contributed by atoms with E-state index >= 15 is 0 Å². The number of cyclic esters (lactones) is 1. The number of amides is 1. The van der Waals surface area contributed by atoms with Crippen LogP contribution in [-0.2, 0) is 4.74 Å². The maximum absolute atomic E-state index is 12.6. The Kier molecular flexibility index (Phi) is 6.04. The van der Waals surface area contributed by atoms with Crippen molar-refractivity contribution in [2.75, 3.05) is 6.54 Å². The summed E-state index contributed by atoms with van der Waals surface area (Å²) in [7, 11) is 0. The summed E-state index contributed by atoms with van der Waals surface area (Å²) in [6, 6.07) is 10.8. The summed E-state index contributed by atoms with van der Waals surface area (Å²) in [5, 5.41) is 10.1. The molecule has 0 bridgehead atoms. The number of H-pyrrole nitrogens is 1. The van der Waals surface area contributed by atoms with Crippen molar-refractivity contribution in [3.05, 3.63) is 69.6 Å². The van der Waals surface area contributed by atoms with Crippen LogP contribution in [-0.4, -0.2) is 38.8 Å². The van der Waals surface area contributed by atoms with E-state index in [4.69, 9.17) is 4.74 Å². The first-order valence-electron chi connectivity index (χ1n) is 10.1. The number of aromatic amines is 1. The van der Waals surface area contributed by atoms with Gasteiger partial charge in [-0.1, -0.05) is 24.0 Å². The number of benzene rings is 1. The van der Waals surface area contributed by atoms with Crippen LogP contribution < -0.4 is 5.56 Å². The van der Waals surface area contributed by atoms with Crippen LogP contribution >= 0.6 is 0 Å². The van der Waals surface area contributed by atoms with Crippen LogP contribution in [0, 0.1) is 11.8 Å². The van der Waals surface area contributed by atoms with Crippen molar-refractivity contribution in [1.82, 2.24) is 9.88 Å². The fourth-order valence-corrected chi connectivity index (χ4v) is 3.85. The summed E-state index contributed by atoms with van der Waals surface area (Å²) in [5.41, 5.74) is 0.723. The lowest BCUT2D eigenvalue weighted by atomic mass is 9.87. The third-order valence-electron chi connectivity index (χ3n) is 5.24. The predicted octanol–water partition coefficient (Wildman–Crippen LogP) is 3.60. The van der Waals surface area contributed by atoms with E-state index in [9.17, 15) is 14.7 Å². The Morgan fingerprint density at radius 1 is 1.20 bits per heavy atom. The maximum Gasteiger partial charge on any atom is 0.410 e. The molecular formula is C24H28N2O4. The number of nitrogens with one attached hydrogen (secondary N) is 1. The molecule has 0 spiro atoms. The third kappa shape index (κ3) is 5.52. The highest BCUT2D eigenvalue weighted by Gasteiger charge is 2.41. The SMILES string of the molecule is CC(c1ccc(C#Cc2cc[nH]c(=O)c2)cc1)N1CCC(C)(CC(C)(C)O)OC1=O. The summed E-state index contributed by atoms with van der Waals surface area (Å²) in [4.78, 5) is 28.2. The van der Waals surface area contributed by atoms with Crippen molar-refractivity contribution in [2.45, 2.75) is 57.8 Å². The van der Waals surface area contributed by atoms with Gasteiger partial charge >= 0.3 is 6.09 Å². The van der Waals surface area contributed by atoms with E-state index in [0.29, 0.717) is 24.9 Å². The van der Waals surface area contributed by atoms with Gasteiger partial charge in [-0.3, -0.25) is 4.79 Å². The zero-order valence-electron chi connectivity index (χ0n) is 17.9. The number of nitrogens with zero attached hydrogens (tertiary/aromatic N) is 1. The molecule has 30 heavy (non-hydrogen) atoms. The number of rotatable bonds is 4. The van der Waals surface area contributed by atoms with Gasteiger partial charge in [0.2, 0.25) is 5.56 Å². The zero-order chi connectivity index (χ0) is 21.9. The third-order valence-corrected chi connectivity index (χ3v) is 5.24. The Bertz CT molecular complexity index is 1020. The van der Waals surface area contributed by atoms with Crippen molar-refractivity contribution in [2.24, 2.45) is 0 Å². The van der Waals surface area contributed by atoms with Gasteiger partial charge in [-0.2, -0.15) is 0 Å². The number of pyridine rings is 1. The number of aromatic nitrogens is 1. The van der Waals surface area contributed by atoms with Gasteiger partial charge in [0, 0.05) is 42.8 Å². The summed E-state index contributed by atoms with van der Waals surface area (Å²) in [6.07, 6.45) is 2.27. The summed E-state index contributed by atoms with van der Waals surface area (Å²) >= 11 is 0. The molecule has 1 fully saturated rings. The number of hydrogen-bond donors (Lipinski definition) is 2. The zero-order valence-corrected chi connectivity index (χ0v) is 17.9. The molecule has 1 aliphatic rings. The number of hydrogen-bond acceptors (Lipinski definition) is 4. The van der Waals surface area contributed by atoms with Crippen LogP contribution in [0.5, 0.6) is 0 Å². The molecule has 1 aromatic carbocycles. The van der Waals surface area contributed by atoms with Gasteiger partial charge in [0.1, 0.15) is 5.60 Å². The molecule has 2 heterocycles. The van der Waals surface area contributed by atoms with E-state index in [1.807, 2.05) is 38.1 Å². The van der Waals surface area contributed by atoms with Gasteiger partial charge in [0.25, 0.3) is 0 Å². The Morgan fingerprint density at radius 2 is 1.87 bits per heavy atom. The molecule has 2 atom stereocenters. The minimum absolute atomic E-state index is 0.140. The predicted molar refractivity (Wildman–Crippen MR) is 115 cm³/mol. The summed E-state index contributed by atoms with van der Waals surface area (Å²) in [6.45, 7) is 7.86. The van der Waals surface area contributed by atoms with Crippen LogP contribution in [0.4, 0.5) is 4.79 Å². The Morgan fingerprint density at radius 3 is 2.47 bits per heavy atom. The molecule has 2 aromatic rings. The Balaban J connectivity index is 1.67. The second-order valence-electron chi connectivity index (χ2n) is 8.74. The molecule has 3 rings (SSSR count). The Labute approximate surface area is 176 Å². The molecule has 2 unspecified atom stereocenters. The van der Waals surface area contributed by atoms with Crippen LogP contribution in [0.3, 0.4) is 0 Å². The van der Waals surface area contributed by atoms with E-state index in [1.54, 1.807) is 31.0 Å². The topological polar surface area (TPSA) is 82.6 Å². The number of ether oxygens (including phenoxy) is 1. The lowest BCUT2D eigenvalue weighted by Gasteiger charge is -2.43.